The van der Waals surface area contributed by atoms with E-state index >= 15 is 0 Å². The van der Waals surface area contributed by atoms with E-state index in [1.165, 1.54) is 5.69 Å². The Balaban J connectivity index is 2.34. The summed E-state index contributed by atoms with van der Waals surface area (Å²) in [5.74, 6) is 0.889. The van der Waals surface area contributed by atoms with Gasteiger partial charge in [0.25, 0.3) is 0 Å². The van der Waals surface area contributed by atoms with Crippen molar-refractivity contribution < 1.29 is 4.74 Å². The van der Waals surface area contributed by atoms with E-state index in [0.29, 0.717) is 0 Å². The summed E-state index contributed by atoms with van der Waals surface area (Å²) in [7, 11) is 1.69. The number of para-hydroxylation sites is 1. The van der Waals surface area contributed by atoms with Crippen molar-refractivity contribution >= 4 is 11.3 Å². The summed E-state index contributed by atoms with van der Waals surface area (Å²) < 4.78 is 5.34. The van der Waals surface area contributed by atoms with Gasteiger partial charge in [-0.25, -0.2) is 4.98 Å². The molecule has 0 atom stereocenters. The molecule has 1 aromatic heterocycles. The van der Waals surface area contributed by atoms with Crippen LogP contribution < -0.4 is 4.74 Å². The Hall–Kier alpha value is -1.35. The zero-order chi connectivity index (χ0) is 11.4. The molecular weight excluding hydrogens is 218 g/mol. The van der Waals surface area contributed by atoms with E-state index in [2.05, 4.69) is 17.3 Å². The molecule has 2 nitrogen and oxygen atoms in total. The second-order valence-corrected chi connectivity index (χ2v) is 4.45. The monoisotopic (exact) mass is 233 g/mol. The van der Waals surface area contributed by atoms with Gasteiger partial charge < -0.3 is 4.74 Å². The van der Waals surface area contributed by atoms with Gasteiger partial charge in [-0.05, 0) is 18.6 Å². The lowest BCUT2D eigenvalue weighted by atomic mass is 10.2. The standard InChI is InChI=1S/C13H15NOS/c1-3-6-10-9-16-13(14-10)11-7-4-5-8-12(11)15-2/h4-5,7-9H,3,6H2,1-2H3. The topological polar surface area (TPSA) is 22.1 Å². The summed E-state index contributed by atoms with van der Waals surface area (Å²) >= 11 is 1.68. The van der Waals surface area contributed by atoms with Crippen LogP contribution in [0.5, 0.6) is 5.75 Å². The van der Waals surface area contributed by atoms with E-state index in [-0.39, 0.29) is 0 Å². The Labute approximate surface area is 99.9 Å². The molecule has 0 N–H and O–H groups in total. The maximum atomic E-state index is 5.34. The summed E-state index contributed by atoms with van der Waals surface area (Å²) in [5, 5.41) is 3.17. The Kier molecular flexibility index (Phi) is 3.57. The lowest BCUT2D eigenvalue weighted by Gasteiger charge is -2.04. The first-order valence-corrected chi connectivity index (χ1v) is 6.31. The number of aromatic nitrogens is 1. The minimum atomic E-state index is 0.889. The third kappa shape index (κ3) is 2.25. The van der Waals surface area contributed by atoms with E-state index in [9.17, 15) is 0 Å². The first kappa shape index (κ1) is 11.1. The second kappa shape index (κ2) is 5.12. The van der Waals surface area contributed by atoms with Crippen LogP contribution in [0.25, 0.3) is 10.6 Å². The van der Waals surface area contributed by atoms with Gasteiger partial charge in [-0.2, -0.15) is 0 Å². The molecule has 0 radical (unpaired) electrons. The Morgan fingerprint density at radius 3 is 2.88 bits per heavy atom. The molecule has 0 saturated heterocycles. The average molecular weight is 233 g/mol. The zero-order valence-corrected chi connectivity index (χ0v) is 10.4. The number of benzene rings is 1. The SMILES string of the molecule is CCCc1csc(-c2ccccc2OC)n1. The van der Waals surface area contributed by atoms with Crippen LogP contribution in [0.3, 0.4) is 0 Å². The molecule has 0 aliphatic heterocycles. The van der Waals surface area contributed by atoms with Gasteiger partial charge >= 0.3 is 0 Å². The third-order valence-corrected chi connectivity index (χ3v) is 3.32. The molecule has 0 bridgehead atoms. The van der Waals surface area contributed by atoms with Gasteiger partial charge in [0, 0.05) is 5.38 Å². The molecule has 3 heteroatoms. The largest absolute Gasteiger partial charge is 0.496 e. The van der Waals surface area contributed by atoms with Gasteiger partial charge in [0.1, 0.15) is 10.8 Å². The highest BCUT2D eigenvalue weighted by Gasteiger charge is 2.08. The smallest absolute Gasteiger partial charge is 0.129 e. The molecule has 2 rings (SSSR count). The van der Waals surface area contributed by atoms with Crippen molar-refractivity contribution in [3.05, 3.63) is 35.3 Å². The van der Waals surface area contributed by atoms with Crippen molar-refractivity contribution in [2.45, 2.75) is 19.8 Å². The molecule has 0 spiro atoms. The molecule has 0 unspecified atom stereocenters. The molecule has 1 aromatic carbocycles. The quantitative estimate of drug-likeness (QED) is 0.802. The molecule has 84 valence electrons. The van der Waals surface area contributed by atoms with Crippen molar-refractivity contribution in [2.75, 3.05) is 7.11 Å². The lowest BCUT2D eigenvalue weighted by molar-refractivity contribution is 0.416. The predicted molar refractivity (Wildman–Crippen MR) is 68.1 cm³/mol. The molecule has 2 aromatic rings. The van der Waals surface area contributed by atoms with Gasteiger partial charge in [0.05, 0.1) is 18.4 Å². The molecule has 1 heterocycles. The molecule has 0 amide bonds. The highest BCUT2D eigenvalue weighted by Crippen LogP contribution is 2.31. The highest BCUT2D eigenvalue weighted by atomic mass is 32.1. The molecular formula is C13H15NOS. The first-order chi connectivity index (χ1) is 7.85. The van der Waals surface area contributed by atoms with Crippen LogP contribution in [-0.4, -0.2) is 12.1 Å². The number of hydrogen-bond donors (Lipinski definition) is 0. The van der Waals surface area contributed by atoms with Crippen molar-refractivity contribution in [3.63, 3.8) is 0 Å². The van der Waals surface area contributed by atoms with Crippen LogP contribution >= 0.6 is 11.3 Å². The van der Waals surface area contributed by atoms with Crippen LogP contribution in [0.4, 0.5) is 0 Å². The molecule has 0 aliphatic carbocycles. The van der Waals surface area contributed by atoms with Gasteiger partial charge in [-0.15, -0.1) is 11.3 Å². The minimum Gasteiger partial charge on any atom is -0.496 e. The van der Waals surface area contributed by atoms with Gasteiger partial charge in [0.15, 0.2) is 0 Å². The Bertz CT molecular complexity index is 464. The fourth-order valence-electron chi connectivity index (χ4n) is 1.62. The van der Waals surface area contributed by atoms with Gasteiger partial charge in [-0.3, -0.25) is 0 Å². The maximum absolute atomic E-state index is 5.34. The Morgan fingerprint density at radius 2 is 2.12 bits per heavy atom. The normalized spacial score (nSPS) is 10.4. The summed E-state index contributed by atoms with van der Waals surface area (Å²) in [6, 6.07) is 8.01. The van der Waals surface area contributed by atoms with Crippen LogP contribution in [-0.2, 0) is 6.42 Å². The molecule has 0 fully saturated rings. The van der Waals surface area contributed by atoms with Gasteiger partial charge in [-0.1, -0.05) is 25.5 Å². The van der Waals surface area contributed by atoms with Crippen molar-refractivity contribution in [2.24, 2.45) is 0 Å². The summed E-state index contributed by atoms with van der Waals surface area (Å²) in [6.45, 7) is 2.17. The van der Waals surface area contributed by atoms with E-state index in [4.69, 9.17) is 4.74 Å². The van der Waals surface area contributed by atoms with E-state index in [1.807, 2.05) is 24.3 Å². The maximum Gasteiger partial charge on any atom is 0.129 e. The summed E-state index contributed by atoms with van der Waals surface area (Å²) in [4.78, 5) is 4.62. The number of methoxy groups -OCH3 is 1. The van der Waals surface area contributed by atoms with Crippen LogP contribution in [0.2, 0.25) is 0 Å². The number of hydrogen-bond acceptors (Lipinski definition) is 3. The summed E-state index contributed by atoms with van der Waals surface area (Å²) in [6.07, 6.45) is 2.18. The second-order valence-electron chi connectivity index (χ2n) is 3.59. The Morgan fingerprint density at radius 1 is 1.31 bits per heavy atom. The minimum absolute atomic E-state index is 0.889. The number of nitrogens with zero attached hydrogens (tertiary/aromatic N) is 1. The van der Waals surface area contributed by atoms with E-state index in [1.54, 1.807) is 18.4 Å². The highest BCUT2D eigenvalue weighted by molar-refractivity contribution is 7.13. The fraction of sp³-hybridized carbons (Fsp3) is 0.308. The number of rotatable bonds is 4. The molecule has 16 heavy (non-hydrogen) atoms. The van der Waals surface area contributed by atoms with Crippen LogP contribution in [0.1, 0.15) is 19.0 Å². The van der Waals surface area contributed by atoms with Crippen molar-refractivity contribution in [3.8, 4) is 16.3 Å². The molecule has 0 aliphatic rings. The number of aryl methyl sites for hydroxylation is 1. The van der Waals surface area contributed by atoms with E-state index < -0.39 is 0 Å². The number of ether oxygens (including phenoxy) is 1. The third-order valence-electron chi connectivity index (χ3n) is 2.40. The van der Waals surface area contributed by atoms with Crippen LogP contribution in [0.15, 0.2) is 29.6 Å². The zero-order valence-electron chi connectivity index (χ0n) is 9.56. The van der Waals surface area contributed by atoms with Gasteiger partial charge in [0.2, 0.25) is 0 Å². The number of thiazole rings is 1. The fourth-order valence-corrected chi connectivity index (χ4v) is 2.51. The molecule has 0 saturated carbocycles. The lowest BCUT2D eigenvalue weighted by Crippen LogP contribution is -1.88. The van der Waals surface area contributed by atoms with E-state index in [0.717, 1.165) is 29.2 Å². The summed E-state index contributed by atoms with van der Waals surface area (Å²) in [5.41, 5.74) is 2.26. The van der Waals surface area contributed by atoms with Crippen LogP contribution in [0, 0.1) is 0 Å². The first-order valence-electron chi connectivity index (χ1n) is 5.43. The predicted octanol–water partition coefficient (Wildman–Crippen LogP) is 3.77. The van der Waals surface area contributed by atoms with Crippen molar-refractivity contribution in [1.82, 2.24) is 4.98 Å². The average Bonchev–Trinajstić information content (AvgIpc) is 2.78. The van der Waals surface area contributed by atoms with Crippen molar-refractivity contribution in [1.29, 1.82) is 0 Å².